The number of fused-ring (bicyclic) bond motifs is 3. The van der Waals surface area contributed by atoms with Gasteiger partial charge in [-0.05, 0) is 17.1 Å². The van der Waals surface area contributed by atoms with Gasteiger partial charge in [-0.3, -0.25) is 0 Å². The highest BCUT2D eigenvalue weighted by Gasteiger charge is 2.25. The van der Waals surface area contributed by atoms with Crippen LogP contribution in [-0.4, -0.2) is 45.5 Å². The van der Waals surface area contributed by atoms with E-state index in [0.29, 0.717) is 24.5 Å². The lowest BCUT2D eigenvalue weighted by Crippen LogP contribution is -2.23. The minimum absolute atomic E-state index is 0.586. The molecule has 6 heteroatoms. The second-order valence-corrected chi connectivity index (χ2v) is 4.68. The molecule has 3 aromatic rings. The fraction of sp³-hybridized carbons (Fsp3) is 0.286. The first kappa shape index (κ1) is 11.5. The molecule has 20 heavy (non-hydrogen) atoms. The first-order valence-corrected chi connectivity index (χ1v) is 6.52. The summed E-state index contributed by atoms with van der Waals surface area (Å²) in [6.45, 7) is 3.91. The van der Waals surface area contributed by atoms with Crippen molar-refractivity contribution >= 4 is 34.2 Å². The van der Waals surface area contributed by atoms with Crippen LogP contribution in [0.1, 0.15) is 5.82 Å². The molecule has 0 N–H and O–H groups in total. The van der Waals surface area contributed by atoms with Crippen LogP contribution in [0.4, 0.5) is 5.82 Å². The molecule has 0 spiro atoms. The van der Waals surface area contributed by atoms with E-state index in [1.807, 2.05) is 25.3 Å². The Labute approximate surface area is 114 Å². The van der Waals surface area contributed by atoms with Crippen LogP contribution in [0, 0.1) is 6.92 Å². The van der Waals surface area contributed by atoms with Crippen molar-refractivity contribution < 1.29 is 13.7 Å². The molecule has 0 bridgehead atoms. The molecule has 0 amide bonds. The molecule has 3 aromatic heterocycles. The van der Waals surface area contributed by atoms with E-state index < -0.39 is 0 Å². The first-order valence-electron chi connectivity index (χ1n) is 6.52. The number of aromatic nitrogens is 3. The Morgan fingerprint density at radius 2 is 2.25 bits per heavy atom. The summed E-state index contributed by atoms with van der Waals surface area (Å²) in [5.74, 6) is 1.51. The molecule has 0 radical (unpaired) electrons. The van der Waals surface area contributed by atoms with Crippen molar-refractivity contribution in [1.82, 2.24) is 15.0 Å². The van der Waals surface area contributed by atoms with Crippen LogP contribution in [0.5, 0.6) is 0 Å². The summed E-state index contributed by atoms with van der Waals surface area (Å²) in [6, 6.07) is 3.85. The molecular weight excluding hydrogens is 256 g/mol. The smallest absolute Gasteiger partial charge is 0.370 e. The molecule has 0 saturated heterocycles. The summed E-state index contributed by atoms with van der Waals surface area (Å²) < 4.78 is 13.3. The van der Waals surface area contributed by atoms with E-state index in [-0.39, 0.29) is 0 Å². The maximum absolute atomic E-state index is 5.85. The summed E-state index contributed by atoms with van der Waals surface area (Å²) >= 11 is 0. The van der Waals surface area contributed by atoms with E-state index in [1.165, 1.54) is 0 Å². The van der Waals surface area contributed by atoms with E-state index in [4.69, 9.17) is 9.15 Å². The van der Waals surface area contributed by atoms with Gasteiger partial charge in [-0.15, -0.1) is 0 Å². The van der Waals surface area contributed by atoms with Gasteiger partial charge in [-0.2, -0.15) is 0 Å². The molecule has 0 fully saturated rings. The fourth-order valence-electron chi connectivity index (χ4n) is 2.44. The van der Waals surface area contributed by atoms with Gasteiger partial charge in [0.15, 0.2) is 0 Å². The Kier molecular flexibility index (Phi) is 2.50. The number of furan rings is 1. The number of aryl methyl sites for hydroxylation is 1. The highest BCUT2D eigenvalue weighted by Crippen LogP contribution is 2.31. The fourth-order valence-corrected chi connectivity index (χ4v) is 2.44. The van der Waals surface area contributed by atoms with Crippen LogP contribution in [0.3, 0.4) is 0 Å². The van der Waals surface area contributed by atoms with Gasteiger partial charge < -0.3 is 9.15 Å². The van der Waals surface area contributed by atoms with Crippen molar-refractivity contribution in [3.63, 3.8) is 0 Å². The number of ether oxygens (including phenoxy) is 1. The Morgan fingerprint density at radius 1 is 1.30 bits per heavy atom. The molecule has 0 atom stereocenters. The molecule has 0 aliphatic carbocycles. The largest absolute Gasteiger partial charge is 0.427 e. The molecule has 0 unspecified atom stereocenters. The normalized spacial score (nSPS) is 15.8. The molecule has 0 aromatic carbocycles. The Morgan fingerprint density at radius 3 is 3.10 bits per heavy atom. The number of nitrogens with zero attached hydrogens (tertiary/aromatic N) is 4. The van der Waals surface area contributed by atoms with Crippen LogP contribution in [0.2, 0.25) is 0 Å². The monoisotopic (exact) mass is 269 g/mol. The van der Waals surface area contributed by atoms with Crippen molar-refractivity contribution in [3.05, 3.63) is 24.2 Å². The predicted octanol–water partition coefficient (Wildman–Crippen LogP) is 1.82. The van der Waals surface area contributed by atoms with E-state index in [1.54, 1.807) is 6.20 Å². The van der Waals surface area contributed by atoms with Crippen molar-refractivity contribution in [2.45, 2.75) is 6.92 Å². The van der Waals surface area contributed by atoms with E-state index >= 15 is 0 Å². The van der Waals surface area contributed by atoms with Crippen LogP contribution in [0.15, 0.2) is 22.7 Å². The zero-order valence-electron chi connectivity index (χ0n) is 11.0. The van der Waals surface area contributed by atoms with Crippen LogP contribution >= 0.6 is 0 Å². The summed E-state index contributed by atoms with van der Waals surface area (Å²) in [6.07, 6.45) is 3.69. The topological polar surface area (TPSA) is 64.1 Å². The molecule has 0 saturated carbocycles. The van der Waals surface area contributed by atoms with Gasteiger partial charge in [0, 0.05) is 13.1 Å². The van der Waals surface area contributed by atoms with Gasteiger partial charge in [0.25, 0.3) is 0 Å². The number of hydrogen-bond donors (Lipinski definition) is 0. The molecule has 4 heterocycles. The quantitative estimate of drug-likeness (QED) is 0.630. The van der Waals surface area contributed by atoms with Gasteiger partial charge in [-0.1, -0.05) is 0 Å². The van der Waals surface area contributed by atoms with E-state index in [9.17, 15) is 0 Å². The lowest BCUT2D eigenvalue weighted by Gasteiger charge is -2.09. The van der Waals surface area contributed by atoms with Gasteiger partial charge in [0.05, 0.1) is 18.2 Å². The van der Waals surface area contributed by atoms with Crippen molar-refractivity contribution in [1.29, 1.82) is 0 Å². The standard InChI is InChI=1S/C14H13N4O2/c1-9-16-11-10-3-2-4-15-14(10)20-12(11)13(17-9)18-5-7-19-8-6-18/h2-5H,6-8H2,1H3/q+1. The van der Waals surface area contributed by atoms with Gasteiger partial charge in [0.1, 0.15) is 18.7 Å². The third-order valence-corrected chi connectivity index (χ3v) is 3.35. The Balaban J connectivity index is 2.07. The Hall–Kier alpha value is -2.34. The SMILES string of the molecule is Cc1nc([N+]2=CCOCC2)c2oc3ncccc3c2n1. The summed E-state index contributed by atoms with van der Waals surface area (Å²) in [7, 11) is 0. The minimum Gasteiger partial charge on any atom is -0.427 e. The van der Waals surface area contributed by atoms with Crippen molar-refractivity contribution in [2.75, 3.05) is 19.8 Å². The lowest BCUT2D eigenvalue weighted by molar-refractivity contribution is -0.453. The maximum Gasteiger partial charge on any atom is 0.370 e. The highest BCUT2D eigenvalue weighted by atomic mass is 16.5. The lowest BCUT2D eigenvalue weighted by atomic mass is 10.3. The summed E-state index contributed by atoms with van der Waals surface area (Å²) in [4.78, 5) is 13.3. The second kappa shape index (κ2) is 4.35. The third kappa shape index (κ3) is 1.69. The Bertz CT molecular complexity index is 838. The van der Waals surface area contributed by atoms with Gasteiger partial charge in [0.2, 0.25) is 17.1 Å². The molecule has 1 aliphatic heterocycles. The van der Waals surface area contributed by atoms with Crippen molar-refractivity contribution in [3.8, 4) is 0 Å². The van der Waals surface area contributed by atoms with Crippen molar-refractivity contribution in [2.24, 2.45) is 0 Å². The average molecular weight is 269 g/mol. The zero-order chi connectivity index (χ0) is 13.5. The molecule has 6 nitrogen and oxygen atoms in total. The van der Waals surface area contributed by atoms with E-state index in [2.05, 4.69) is 19.5 Å². The molecule has 100 valence electrons. The average Bonchev–Trinajstić information content (AvgIpc) is 2.86. The second-order valence-electron chi connectivity index (χ2n) is 4.68. The van der Waals surface area contributed by atoms with Gasteiger partial charge in [-0.25, -0.2) is 14.5 Å². The van der Waals surface area contributed by atoms with Crippen LogP contribution < -0.4 is 0 Å². The van der Waals surface area contributed by atoms with Crippen LogP contribution in [0.25, 0.3) is 22.2 Å². The van der Waals surface area contributed by atoms with Gasteiger partial charge >= 0.3 is 5.82 Å². The molecule has 1 aliphatic rings. The minimum atomic E-state index is 0.586. The first-order chi connectivity index (χ1) is 9.83. The van der Waals surface area contributed by atoms with E-state index in [0.717, 1.165) is 29.1 Å². The number of pyridine rings is 1. The predicted molar refractivity (Wildman–Crippen MR) is 73.5 cm³/mol. The maximum atomic E-state index is 5.85. The summed E-state index contributed by atoms with van der Waals surface area (Å²) in [5, 5.41) is 0.919. The molecular formula is C14H13N4O2+. The number of rotatable bonds is 1. The number of hydrogen-bond acceptors (Lipinski definition) is 5. The summed E-state index contributed by atoms with van der Waals surface area (Å²) in [5.41, 5.74) is 2.09. The zero-order valence-corrected chi connectivity index (χ0v) is 11.0. The molecule has 4 rings (SSSR count). The third-order valence-electron chi connectivity index (χ3n) is 3.35. The highest BCUT2D eigenvalue weighted by molar-refractivity contribution is 6.03. The van der Waals surface area contributed by atoms with Crippen LogP contribution in [-0.2, 0) is 4.74 Å².